The second kappa shape index (κ2) is 7.43. The van der Waals surface area contributed by atoms with Crippen molar-refractivity contribution >= 4 is 11.7 Å². The van der Waals surface area contributed by atoms with E-state index in [2.05, 4.69) is 57.2 Å². The van der Waals surface area contributed by atoms with E-state index in [0.29, 0.717) is 12.6 Å². The van der Waals surface area contributed by atoms with Crippen LogP contribution < -0.4 is 21.1 Å². The molecule has 2 aliphatic rings. The van der Waals surface area contributed by atoms with E-state index in [-0.39, 0.29) is 11.9 Å². The molecule has 1 fully saturated rings. The van der Waals surface area contributed by atoms with Gasteiger partial charge in [0.2, 0.25) is 5.91 Å². The maximum atomic E-state index is 12.4. The highest BCUT2D eigenvalue weighted by atomic mass is 16.2. The molecule has 2 atom stereocenters. The third-order valence-corrected chi connectivity index (χ3v) is 5.16. The number of benzene rings is 1. The quantitative estimate of drug-likeness (QED) is 0.779. The molecule has 136 valence electrons. The van der Waals surface area contributed by atoms with Crippen LogP contribution in [0.3, 0.4) is 0 Å². The molecule has 4 rings (SSSR count). The highest BCUT2D eigenvalue weighted by molar-refractivity contribution is 5.82. The highest BCUT2D eigenvalue weighted by Crippen LogP contribution is 2.25. The van der Waals surface area contributed by atoms with Crippen molar-refractivity contribution in [3.05, 3.63) is 59.3 Å². The largest absolute Gasteiger partial charge is 0.352 e. The van der Waals surface area contributed by atoms with Crippen molar-refractivity contribution in [2.45, 2.75) is 44.9 Å². The Morgan fingerprint density at radius 3 is 2.88 bits per heavy atom. The summed E-state index contributed by atoms with van der Waals surface area (Å²) in [5, 5.41) is 3.05. The van der Waals surface area contributed by atoms with E-state index in [1.54, 1.807) is 0 Å². The summed E-state index contributed by atoms with van der Waals surface area (Å²) in [6, 6.07) is 12.7. The second-order valence-electron chi connectivity index (χ2n) is 7.12. The zero-order valence-corrected chi connectivity index (χ0v) is 15.0. The van der Waals surface area contributed by atoms with Crippen molar-refractivity contribution in [3.8, 4) is 0 Å². The molecule has 1 amide bonds. The normalized spacial score (nSPS) is 22.1. The van der Waals surface area contributed by atoms with E-state index in [9.17, 15) is 4.79 Å². The summed E-state index contributed by atoms with van der Waals surface area (Å²) in [5.74, 6) is 0.994. The third-order valence-electron chi connectivity index (χ3n) is 5.16. The van der Waals surface area contributed by atoms with Gasteiger partial charge in [-0.3, -0.25) is 10.2 Å². The first-order valence-corrected chi connectivity index (χ1v) is 9.25. The lowest BCUT2D eigenvalue weighted by Crippen LogP contribution is -2.43. The summed E-state index contributed by atoms with van der Waals surface area (Å²) in [6.07, 6.45) is 3.65. The van der Waals surface area contributed by atoms with Gasteiger partial charge in [-0.15, -0.1) is 0 Å². The molecule has 26 heavy (non-hydrogen) atoms. The van der Waals surface area contributed by atoms with Gasteiger partial charge in [0.15, 0.2) is 0 Å². The van der Waals surface area contributed by atoms with Crippen LogP contribution in [0.25, 0.3) is 0 Å². The number of rotatable bonds is 4. The number of aromatic nitrogens is 1. The number of anilines is 1. The predicted octanol–water partition coefficient (Wildman–Crippen LogP) is 1.52. The van der Waals surface area contributed by atoms with Gasteiger partial charge in [-0.1, -0.05) is 30.3 Å². The third kappa shape index (κ3) is 3.57. The Bertz CT molecular complexity index is 793. The summed E-state index contributed by atoms with van der Waals surface area (Å²) in [7, 11) is 0. The first kappa shape index (κ1) is 17.0. The van der Waals surface area contributed by atoms with Crippen LogP contribution in [0.4, 0.5) is 5.82 Å². The van der Waals surface area contributed by atoms with Crippen LogP contribution in [0.5, 0.6) is 0 Å². The number of hydrogen-bond acceptors (Lipinski definition) is 5. The molecular weight excluding hydrogens is 326 g/mol. The Morgan fingerprint density at radius 1 is 1.23 bits per heavy atom. The fourth-order valence-electron chi connectivity index (χ4n) is 3.72. The smallest absolute Gasteiger partial charge is 0.238 e. The zero-order valence-electron chi connectivity index (χ0n) is 15.0. The van der Waals surface area contributed by atoms with Crippen molar-refractivity contribution in [1.29, 1.82) is 0 Å². The molecule has 1 aromatic carbocycles. The number of nitrogens with one attached hydrogen (secondary N) is 3. The van der Waals surface area contributed by atoms with Crippen LogP contribution in [-0.2, 0) is 24.3 Å². The lowest BCUT2D eigenvalue weighted by Gasteiger charge is -2.31. The van der Waals surface area contributed by atoms with Crippen LogP contribution in [0.2, 0.25) is 0 Å². The molecule has 0 saturated carbocycles. The molecule has 2 unspecified atom stereocenters. The lowest BCUT2D eigenvalue weighted by atomic mass is 9.99. The molecule has 2 aliphatic heterocycles. The molecule has 1 aromatic heterocycles. The van der Waals surface area contributed by atoms with Crippen molar-refractivity contribution < 1.29 is 4.79 Å². The van der Waals surface area contributed by atoms with Crippen LogP contribution in [0.1, 0.15) is 30.0 Å². The lowest BCUT2D eigenvalue weighted by molar-refractivity contribution is -0.123. The molecule has 6 heteroatoms. The van der Waals surface area contributed by atoms with Gasteiger partial charge >= 0.3 is 0 Å². The molecule has 1 saturated heterocycles. The van der Waals surface area contributed by atoms with E-state index in [4.69, 9.17) is 0 Å². The Balaban J connectivity index is 1.45. The number of hydrazine groups is 1. The standard InChI is InChI=1S/C20H25N5O/c1-14-11-18(24-23-14)20(26)22-12-16-7-4-9-21-19(16)25-10-8-15-5-2-3-6-17(15)13-25/h2-7,9,14,18,23-24H,8,10-13H2,1H3,(H,22,26). The number of hydrogen-bond donors (Lipinski definition) is 3. The van der Waals surface area contributed by atoms with Crippen LogP contribution in [0.15, 0.2) is 42.6 Å². The average molecular weight is 351 g/mol. The zero-order chi connectivity index (χ0) is 17.9. The van der Waals surface area contributed by atoms with Crippen molar-refractivity contribution in [1.82, 2.24) is 21.2 Å². The topological polar surface area (TPSA) is 69.3 Å². The van der Waals surface area contributed by atoms with Crippen molar-refractivity contribution in [2.75, 3.05) is 11.4 Å². The Kier molecular flexibility index (Phi) is 4.86. The van der Waals surface area contributed by atoms with Gasteiger partial charge < -0.3 is 10.2 Å². The minimum absolute atomic E-state index is 0.0284. The number of carbonyl (C=O) groups excluding carboxylic acids is 1. The first-order chi connectivity index (χ1) is 12.7. The van der Waals surface area contributed by atoms with Gasteiger partial charge in [0, 0.05) is 37.4 Å². The van der Waals surface area contributed by atoms with E-state index in [1.165, 1.54) is 11.1 Å². The number of amides is 1. The Labute approximate surface area is 154 Å². The minimum atomic E-state index is -0.174. The second-order valence-corrected chi connectivity index (χ2v) is 7.12. The highest BCUT2D eigenvalue weighted by Gasteiger charge is 2.26. The number of nitrogens with zero attached hydrogens (tertiary/aromatic N) is 2. The van der Waals surface area contributed by atoms with E-state index < -0.39 is 0 Å². The maximum Gasteiger partial charge on any atom is 0.238 e. The van der Waals surface area contributed by atoms with Gasteiger partial charge in [0.1, 0.15) is 11.9 Å². The van der Waals surface area contributed by atoms with Crippen molar-refractivity contribution in [2.24, 2.45) is 0 Å². The van der Waals surface area contributed by atoms with Crippen molar-refractivity contribution in [3.63, 3.8) is 0 Å². The van der Waals surface area contributed by atoms with Crippen LogP contribution in [0, 0.1) is 0 Å². The summed E-state index contributed by atoms with van der Waals surface area (Å²) in [4.78, 5) is 19.3. The van der Waals surface area contributed by atoms with Crippen LogP contribution >= 0.6 is 0 Å². The molecule has 0 radical (unpaired) electrons. The monoisotopic (exact) mass is 351 g/mol. The Morgan fingerprint density at radius 2 is 2.08 bits per heavy atom. The predicted molar refractivity (Wildman–Crippen MR) is 101 cm³/mol. The van der Waals surface area contributed by atoms with Gasteiger partial charge in [-0.2, -0.15) is 0 Å². The molecule has 6 nitrogen and oxygen atoms in total. The average Bonchev–Trinajstić information content (AvgIpc) is 3.12. The fraction of sp³-hybridized carbons (Fsp3) is 0.400. The summed E-state index contributed by atoms with van der Waals surface area (Å²) < 4.78 is 0. The number of carbonyl (C=O) groups is 1. The molecule has 0 aliphatic carbocycles. The van der Waals surface area contributed by atoms with Crippen LogP contribution in [-0.4, -0.2) is 29.5 Å². The minimum Gasteiger partial charge on any atom is -0.352 e. The van der Waals surface area contributed by atoms with Gasteiger partial charge in [-0.25, -0.2) is 10.4 Å². The number of pyridine rings is 1. The summed E-state index contributed by atoms with van der Waals surface area (Å²) >= 11 is 0. The van der Waals surface area contributed by atoms with E-state index in [1.807, 2.05) is 18.3 Å². The van der Waals surface area contributed by atoms with Gasteiger partial charge in [-0.05, 0) is 37.0 Å². The summed E-state index contributed by atoms with van der Waals surface area (Å²) in [5.41, 5.74) is 9.96. The molecule has 3 heterocycles. The molecule has 2 aromatic rings. The maximum absolute atomic E-state index is 12.4. The number of fused-ring (bicyclic) bond motifs is 1. The van der Waals surface area contributed by atoms with Gasteiger partial charge in [0.05, 0.1) is 0 Å². The SMILES string of the molecule is CC1CC(C(=O)NCc2cccnc2N2CCc3ccccc3C2)NN1. The molecular formula is C20H25N5O. The Hall–Kier alpha value is -2.44. The van der Waals surface area contributed by atoms with E-state index in [0.717, 1.165) is 37.3 Å². The molecule has 0 bridgehead atoms. The molecule has 0 spiro atoms. The molecule has 3 N–H and O–H groups in total. The van der Waals surface area contributed by atoms with E-state index >= 15 is 0 Å². The first-order valence-electron chi connectivity index (χ1n) is 9.25. The van der Waals surface area contributed by atoms with Gasteiger partial charge in [0.25, 0.3) is 0 Å². The summed E-state index contributed by atoms with van der Waals surface area (Å²) in [6.45, 7) is 4.36. The fourth-order valence-corrected chi connectivity index (χ4v) is 3.72.